The fourth-order valence-corrected chi connectivity index (χ4v) is 3.53. The molecule has 1 rings (SSSR count). The summed E-state index contributed by atoms with van der Waals surface area (Å²) in [4.78, 5) is 23.1. The molecule has 0 N–H and O–H groups in total. The van der Waals surface area contributed by atoms with Crippen LogP contribution in [-0.2, 0) is 23.5 Å². The fourth-order valence-electron chi connectivity index (χ4n) is 2.27. The Morgan fingerprint density at radius 1 is 1.29 bits per heavy atom. The Morgan fingerprint density at radius 3 is 2.54 bits per heavy atom. The zero-order valence-electron chi connectivity index (χ0n) is 15.9. The lowest BCUT2D eigenvalue weighted by Gasteiger charge is -2.37. The molecule has 5 nitrogen and oxygen atoms in total. The first-order chi connectivity index (χ1) is 11.1. The zero-order chi connectivity index (χ0) is 18.4. The van der Waals surface area contributed by atoms with Gasteiger partial charge in [0.2, 0.25) is 0 Å². The van der Waals surface area contributed by atoms with E-state index in [9.17, 15) is 9.59 Å². The molecule has 0 radical (unpaired) electrons. The summed E-state index contributed by atoms with van der Waals surface area (Å²) in [7, 11) is -0.494. The Morgan fingerprint density at radius 2 is 1.96 bits per heavy atom. The quantitative estimate of drug-likeness (QED) is 0.359. The highest BCUT2D eigenvalue weighted by Crippen LogP contribution is 2.38. The Balaban J connectivity index is 2.36. The van der Waals surface area contributed by atoms with Crippen molar-refractivity contribution < 1.29 is 23.5 Å². The number of ketones is 1. The molecule has 0 heterocycles. The molecule has 0 aromatic heterocycles. The summed E-state index contributed by atoms with van der Waals surface area (Å²) in [6.45, 7) is 11.9. The maximum absolute atomic E-state index is 12.1. The van der Waals surface area contributed by atoms with Crippen LogP contribution in [-0.4, -0.2) is 46.5 Å². The van der Waals surface area contributed by atoms with Crippen molar-refractivity contribution in [1.82, 2.24) is 0 Å². The molecule has 0 aliphatic heterocycles. The number of carbonyl (C=O) groups is 2. The summed E-state index contributed by atoms with van der Waals surface area (Å²) in [5.74, 6) is -0.0810. The van der Waals surface area contributed by atoms with E-state index in [2.05, 4.69) is 38.6 Å². The molecular weight excluding hydrogens is 324 g/mol. The number of esters is 1. The molecule has 0 aromatic carbocycles. The largest absolute Gasteiger partial charge is 0.469 e. The first-order valence-corrected chi connectivity index (χ1v) is 11.5. The van der Waals surface area contributed by atoms with Crippen LogP contribution in [0.15, 0.2) is 11.6 Å². The lowest BCUT2D eigenvalue weighted by Crippen LogP contribution is -2.43. The van der Waals surface area contributed by atoms with E-state index in [-0.39, 0.29) is 29.3 Å². The molecule has 0 unspecified atom stereocenters. The van der Waals surface area contributed by atoms with E-state index >= 15 is 0 Å². The molecule has 0 saturated carbocycles. The third kappa shape index (κ3) is 6.49. The average Bonchev–Trinajstić information content (AvgIpc) is 2.80. The van der Waals surface area contributed by atoms with Crippen molar-refractivity contribution in [2.75, 3.05) is 20.3 Å². The standard InChI is InChI=1S/C18H32O5Si/c1-18(2,3)24(5,6)23-15-12-14(16(19)13-15)8-7-10-22-11-9-17(20)21-4/h12,15H,7-11,13H2,1-6H3/t15-/m0/s1. The second kappa shape index (κ2) is 8.92. The highest BCUT2D eigenvalue weighted by atomic mass is 28.4. The number of ether oxygens (including phenoxy) is 2. The number of hydrogen-bond donors (Lipinski definition) is 0. The van der Waals surface area contributed by atoms with Crippen LogP contribution < -0.4 is 0 Å². The molecular formula is C18H32O5Si. The van der Waals surface area contributed by atoms with Crippen LogP contribution in [0.25, 0.3) is 0 Å². The van der Waals surface area contributed by atoms with Crippen LogP contribution in [0.5, 0.6) is 0 Å². The van der Waals surface area contributed by atoms with E-state index in [1.807, 2.05) is 6.08 Å². The van der Waals surface area contributed by atoms with Crippen molar-refractivity contribution >= 4 is 20.1 Å². The molecule has 1 aliphatic rings. The summed E-state index contributed by atoms with van der Waals surface area (Å²) in [5.41, 5.74) is 0.857. The molecule has 24 heavy (non-hydrogen) atoms. The highest BCUT2D eigenvalue weighted by molar-refractivity contribution is 6.74. The van der Waals surface area contributed by atoms with Gasteiger partial charge in [0, 0.05) is 13.0 Å². The van der Waals surface area contributed by atoms with Gasteiger partial charge in [0.15, 0.2) is 14.1 Å². The maximum atomic E-state index is 12.1. The lowest BCUT2D eigenvalue weighted by atomic mass is 10.1. The van der Waals surface area contributed by atoms with Crippen molar-refractivity contribution in [3.05, 3.63) is 11.6 Å². The number of allylic oxidation sites excluding steroid dienone is 1. The molecule has 6 heteroatoms. The summed E-state index contributed by atoms with van der Waals surface area (Å²) < 4.78 is 16.2. The molecule has 0 amide bonds. The molecule has 1 atom stereocenters. The monoisotopic (exact) mass is 356 g/mol. The van der Waals surface area contributed by atoms with Crippen molar-refractivity contribution in [2.45, 2.75) is 70.7 Å². The minimum Gasteiger partial charge on any atom is -0.469 e. The van der Waals surface area contributed by atoms with Crippen LogP contribution in [0.2, 0.25) is 18.1 Å². The van der Waals surface area contributed by atoms with Gasteiger partial charge in [-0.2, -0.15) is 0 Å². The van der Waals surface area contributed by atoms with Crippen LogP contribution in [0.1, 0.15) is 46.5 Å². The number of hydrogen-bond acceptors (Lipinski definition) is 5. The predicted molar refractivity (Wildman–Crippen MR) is 96.5 cm³/mol. The van der Waals surface area contributed by atoms with Gasteiger partial charge in [-0.05, 0) is 42.6 Å². The number of carbonyl (C=O) groups excluding carboxylic acids is 2. The SMILES string of the molecule is COC(=O)CCOCCCC1=C[C@H](O[Si](C)(C)C(C)(C)C)CC1=O. The van der Waals surface area contributed by atoms with Gasteiger partial charge in [0.1, 0.15) is 0 Å². The van der Waals surface area contributed by atoms with E-state index in [1.54, 1.807) is 0 Å². The van der Waals surface area contributed by atoms with E-state index < -0.39 is 8.32 Å². The maximum Gasteiger partial charge on any atom is 0.307 e. The Labute approximate surface area is 146 Å². The highest BCUT2D eigenvalue weighted by Gasteiger charge is 2.40. The van der Waals surface area contributed by atoms with Gasteiger partial charge in [-0.3, -0.25) is 9.59 Å². The lowest BCUT2D eigenvalue weighted by molar-refractivity contribution is -0.141. The molecule has 0 fully saturated rings. The third-order valence-corrected chi connectivity index (χ3v) is 9.30. The van der Waals surface area contributed by atoms with Crippen LogP contribution in [0, 0.1) is 0 Å². The second-order valence-electron chi connectivity index (χ2n) is 7.78. The van der Waals surface area contributed by atoms with Gasteiger partial charge in [0.25, 0.3) is 0 Å². The Hall–Kier alpha value is -0.983. The molecule has 0 saturated heterocycles. The summed E-state index contributed by atoms with van der Waals surface area (Å²) in [6.07, 6.45) is 4.12. The molecule has 0 spiro atoms. The normalized spacial score (nSPS) is 18.7. The Bertz CT molecular complexity index is 476. The van der Waals surface area contributed by atoms with Gasteiger partial charge in [-0.1, -0.05) is 20.8 Å². The smallest absolute Gasteiger partial charge is 0.307 e. The van der Waals surface area contributed by atoms with Gasteiger partial charge in [0.05, 0.1) is 26.2 Å². The molecule has 1 aliphatic carbocycles. The average molecular weight is 357 g/mol. The van der Waals surface area contributed by atoms with Crippen LogP contribution in [0.3, 0.4) is 0 Å². The first kappa shape index (κ1) is 21.1. The number of rotatable bonds is 9. The van der Waals surface area contributed by atoms with E-state index in [0.717, 1.165) is 12.0 Å². The fraction of sp³-hybridized carbons (Fsp3) is 0.778. The van der Waals surface area contributed by atoms with Crippen LogP contribution in [0.4, 0.5) is 0 Å². The minimum absolute atomic E-state index is 0.0753. The summed E-state index contributed by atoms with van der Waals surface area (Å²) in [5, 5.41) is 0.139. The zero-order valence-corrected chi connectivity index (χ0v) is 16.9. The van der Waals surface area contributed by atoms with Gasteiger partial charge < -0.3 is 13.9 Å². The van der Waals surface area contributed by atoms with Crippen LogP contribution >= 0.6 is 0 Å². The van der Waals surface area contributed by atoms with Crippen molar-refractivity contribution in [3.8, 4) is 0 Å². The summed E-state index contributed by atoms with van der Waals surface area (Å²) in [6, 6.07) is 0. The van der Waals surface area contributed by atoms with Gasteiger partial charge >= 0.3 is 5.97 Å². The van der Waals surface area contributed by atoms with Gasteiger partial charge in [-0.25, -0.2) is 0 Å². The predicted octanol–water partition coefficient (Wildman–Crippen LogP) is 3.64. The minimum atomic E-state index is -1.86. The third-order valence-electron chi connectivity index (χ3n) is 4.80. The van der Waals surface area contributed by atoms with E-state index in [1.165, 1.54) is 7.11 Å². The van der Waals surface area contributed by atoms with Gasteiger partial charge in [-0.15, -0.1) is 0 Å². The summed E-state index contributed by atoms with van der Waals surface area (Å²) >= 11 is 0. The van der Waals surface area contributed by atoms with Crippen molar-refractivity contribution in [3.63, 3.8) is 0 Å². The molecule has 138 valence electrons. The van der Waals surface area contributed by atoms with E-state index in [0.29, 0.717) is 26.1 Å². The molecule has 0 bridgehead atoms. The van der Waals surface area contributed by atoms with Crippen molar-refractivity contribution in [2.24, 2.45) is 0 Å². The Kier molecular flexibility index (Phi) is 7.83. The van der Waals surface area contributed by atoms with Crippen molar-refractivity contribution in [1.29, 1.82) is 0 Å². The first-order valence-electron chi connectivity index (χ1n) is 8.63. The second-order valence-corrected chi connectivity index (χ2v) is 12.5. The number of Topliss-reactive ketones (excluding diaryl/α,β-unsaturated/α-hetero) is 1. The van der Waals surface area contributed by atoms with E-state index in [4.69, 9.17) is 9.16 Å². The molecule has 0 aromatic rings. The number of methoxy groups -OCH3 is 1. The topological polar surface area (TPSA) is 61.8 Å².